The summed E-state index contributed by atoms with van der Waals surface area (Å²) >= 11 is 3.75. The predicted octanol–water partition coefficient (Wildman–Crippen LogP) is -1.75. The Bertz CT molecular complexity index is 82.1. The van der Waals surface area contributed by atoms with E-state index in [1.807, 2.05) is 0 Å². The molecule has 4 heteroatoms. The van der Waals surface area contributed by atoms with Gasteiger partial charge < -0.3 is 15.2 Å². The lowest BCUT2D eigenvalue weighted by Crippen LogP contribution is -2.45. The van der Waals surface area contributed by atoms with Crippen LogP contribution in [0.3, 0.4) is 0 Å². The largest absolute Gasteiger partial charge is 0.548 e. The van der Waals surface area contributed by atoms with Gasteiger partial charge in [-0.2, -0.15) is 12.6 Å². The van der Waals surface area contributed by atoms with Crippen LogP contribution in [-0.4, -0.2) is 24.8 Å². The third-order valence-electron chi connectivity index (χ3n) is 0.816. The number of carbonyl (C=O) groups is 1. The molecule has 0 aromatic carbocycles. The lowest BCUT2D eigenvalue weighted by atomic mass is 10.3. The van der Waals surface area contributed by atoms with Crippen molar-refractivity contribution < 1.29 is 9.90 Å². The second-order valence-corrected chi connectivity index (χ2v) is 1.71. The van der Waals surface area contributed by atoms with Gasteiger partial charge in [0.1, 0.15) is 0 Å². The van der Waals surface area contributed by atoms with Gasteiger partial charge in [-0.25, -0.2) is 0 Å². The van der Waals surface area contributed by atoms with Crippen molar-refractivity contribution in [1.82, 2.24) is 5.32 Å². The highest BCUT2D eigenvalue weighted by atomic mass is 32.1. The van der Waals surface area contributed by atoms with E-state index >= 15 is 0 Å². The molecule has 0 aliphatic carbocycles. The van der Waals surface area contributed by atoms with Crippen LogP contribution < -0.4 is 10.4 Å². The van der Waals surface area contributed by atoms with E-state index in [1.54, 1.807) is 7.05 Å². The molecule has 0 aliphatic heterocycles. The number of nitrogens with one attached hydrogen (secondary N) is 1. The van der Waals surface area contributed by atoms with Crippen LogP contribution in [0.15, 0.2) is 0 Å². The fourth-order valence-corrected chi connectivity index (χ4v) is 0.615. The van der Waals surface area contributed by atoms with Gasteiger partial charge >= 0.3 is 0 Å². The van der Waals surface area contributed by atoms with Crippen molar-refractivity contribution in [3.63, 3.8) is 0 Å². The van der Waals surface area contributed by atoms with E-state index in [1.165, 1.54) is 0 Å². The van der Waals surface area contributed by atoms with Gasteiger partial charge in [-0.1, -0.05) is 0 Å². The molecule has 8 heavy (non-hydrogen) atoms. The third kappa shape index (κ3) is 2.18. The van der Waals surface area contributed by atoms with Gasteiger partial charge in [0.2, 0.25) is 0 Å². The molecule has 0 spiro atoms. The molecule has 0 saturated carbocycles. The maximum atomic E-state index is 9.94. The fourth-order valence-electron chi connectivity index (χ4n) is 0.284. The summed E-state index contributed by atoms with van der Waals surface area (Å²) in [6.07, 6.45) is 0. The van der Waals surface area contributed by atoms with Crippen LogP contribution in [0.5, 0.6) is 0 Å². The second kappa shape index (κ2) is 3.74. The number of carbonyl (C=O) groups excluding carboxylic acids is 1. The smallest absolute Gasteiger partial charge is 0.0592 e. The lowest BCUT2D eigenvalue weighted by Gasteiger charge is -2.12. The maximum Gasteiger partial charge on any atom is 0.0592 e. The summed E-state index contributed by atoms with van der Waals surface area (Å²) in [5.74, 6) is -0.846. The van der Waals surface area contributed by atoms with Gasteiger partial charge in [0.05, 0.1) is 12.0 Å². The molecule has 0 radical (unpaired) electrons. The van der Waals surface area contributed by atoms with Crippen LogP contribution in [0.25, 0.3) is 0 Å². The Balaban J connectivity index is 3.52. The SMILES string of the molecule is CNC(CS)C(=O)[O-]. The van der Waals surface area contributed by atoms with Crippen LogP contribution in [0.4, 0.5) is 0 Å². The Morgan fingerprint density at radius 1 is 2.00 bits per heavy atom. The van der Waals surface area contributed by atoms with E-state index in [4.69, 9.17) is 0 Å². The summed E-state index contributed by atoms with van der Waals surface area (Å²) in [7, 11) is 1.55. The minimum Gasteiger partial charge on any atom is -0.548 e. The molecule has 0 aliphatic rings. The van der Waals surface area contributed by atoms with Crippen molar-refractivity contribution in [1.29, 1.82) is 0 Å². The van der Waals surface area contributed by atoms with E-state index in [2.05, 4.69) is 17.9 Å². The van der Waals surface area contributed by atoms with Crippen LogP contribution in [-0.2, 0) is 4.79 Å². The molecule has 1 N–H and O–H groups in total. The monoisotopic (exact) mass is 134 g/mol. The molecule has 48 valence electrons. The Labute approximate surface area is 53.5 Å². The zero-order valence-electron chi connectivity index (χ0n) is 4.55. The van der Waals surface area contributed by atoms with Gasteiger partial charge in [-0.05, 0) is 7.05 Å². The first-order valence-electron chi connectivity index (χ1n) is 2.21. The highest BCUT2D eigenvalue weighted by Gasteiger charge is 2.00. The molecule has 1 atom stereocenters. The van der Waals surface area contributed by atoms with Crippen molar-refractivity contribution in [2.75, 3.05) is 12.8 Å². The van der Waals surface area contributed by atoms with Gasteiger partial charge in [-0.3, -0.25) is 0 Å². The van der Waals surface area contributed by atoms with Gasteiger partial charge in [0.15, 0.2) is 0 Å². The molecule has 0 saturated heterocycles. The Hall–Kier alpha value is -0.220. The van der Waals surface area contributed by atoms with E-state index in [0.29, 0.717) is 0 Å². The summed E-state index contributed by atoms with van der Waals surface area (Å²) in [4.78, 5) is 9.94. The molecule has 0 amide bonds. The topological polar surface area (TPSA) is 52.2 Å². The van der Waals surface area contributed by atoms with E-state index in [-0.39, 0.29) is 5.75 Å². The van der Waals surface area contributed by atoms with Gasteiger partial charge in [0.25, 0.3) is 0 Å². The minimum atomic E-state index is -1.11. The average Bonchev–Trinajstić information content (AvgIpc) is 1.69. The number of likely N-dealkylation sites (N-methyl/N-ethyl adjacent to an activating group) is 1. The van der Waals surface area contributed by atoms with Crippen LogP contribution in [0, 0.1) is 0 Å². The number of carboxylic acids is 1. The summed E-state index contributed by atoms with van der Waals surface area (Å²) in [5, 5.41) is 12.5. The zero-order valence-corrected chi connectivity index (χ0v) is 5.44. The highest BCUT2D eigenvalue weighted by Crippen LogP contribution is 1.82. The normalized spacial score (nSPS) is 13.2. The summed E-state index contributed by atoms with van der Waals surface area (Å²) in [5.41, 5.74) is 0. The predicted molar refractivity (Wildman–Crippen MR) is 31.7 cm³/mol. The van der Waals surface area contributed by atoms with E-state index in [0.717, 1.165) is 0 Å². The van der Waals surface area contributed by atoms with Crippen molar-refractivity contribution in [3.8, 4) is 0 Å². The van der Waals surface area contributed by atoms with Gasteiger partial charge in [0, 0.05) is 5.75 Å². The Kier molecular flexibility index (Phi) is 3.64. The number of carboxylic acid groups (broad SMARTS) is 1. The Morgan fingerprint density at radius 3 is 2.50 bits per heavy atom. The van der Waals surface area contributed by atoms with Crippen molar-refractivity contribution >= 4 is 18.6 Å². The standard InChI is InChI=1S/C4H9NO2S/c1-5-3(2-8)4(6)7/h3,5,8H,2H2,1H3,(H,6,7)/p-1. The minimum absolute atomic E-state index is 0.263. The number of thiol groups is 1. The van der Waals surface area contributed by atoms with E-state index < -0.39 is 12.0 Å². The summed E-state index contributed by atoms with van der Waals surface area (Å²) in [6, 6.07) is -0.627. The average molecular weight is 134 g/mol. The molecule has 0 aromatic heterocycles. The van der Waals surface area contributed by atoms with Crippen LogP contribution >= 0.6 is 12.6 Å². The number of hydrogen-bond acceptors (Lipinski definition) is 4. The number of hydrogen-bond donors (Lipinski definition) is 2. The maximum absolute atomic E-state index is 9.94. The molecule has 0 rings (SSSR count). The third-order valence-corrected chi connectivity index (χ3v) is 1.18. The van der Waals surface area contributed by atoms with Crippen LogP contribution in [0.1, 0.15) is 0 Å². The molecular weight excluding hydrogens is 126 g/mol. The number of aliphatic carboxylic acids is 1. The first kappa shape index (κ1) is 7.78. The highest BCUT2D eigenvalue weighted by molar-refractivity contribution is 7.80. The fraction of sp³-hybridized carbons (Fsp3) is 0.750. The van der Waals surface area contributed by atoms with E-state index in [9.17, 15) is 9.90 Å². The van der Waals surface area contributed by atoms with Crippen LogP contribution in [0.2, 0.25) is 0 Å². The van der Waals surface area contributed by atoms with Crippen molar-refractivity contribution in [2.45, 2.75) is 6.04 Å². The molecule has 0 bridgehead atoms. The lowest BCUT2D eigenvalue weighted by molar-refractivity contribution is -0.307. The quantitative estimate of drug-likeness (QED) is 0.450. The summed E-state index contributed by atoms with van der Waals surface area (Å²) < 4.78 is 0. The van der Waals surface area contributed by atoms with Crippen molar-refractivity contribution in [2.24, 2.45) is 0 Å². The molecule has 0 aromatic rings. The second-order valence-electron chi connectivity index (χ2n) is 1.34. The van der Waals surface area contributed by atoms with Crippen molar-refractivity contribution in [3.05, 3.63) is 0 Å². The van der Waals surface area contributed by atoms with Gasteiger partial charge in [-0.15, -0.1) is 0 Å². The molecule has 0 fully saturated rings. The Morgan fingerprint density at radius 2 is 2.50 bits per heavy atom. The first-order chi connectivity index (χ1) is 3.72. The first-order valence-corrected chi connectivity index (χ1v) is 2.84. The molecule has 3 nitrogen and oxygen atoms in total. The molecule has 0 heterocycles. The number of rotatable bonds is 3. The molecular formula is C4H8NO2S-. The molecule has 1 unspecified atom stereocenters. The summed E-state index contributed by atoms with van der Waals surface area (Å²) in [6.45, 7) is 0. The zero-order chi connectivity index (χ0) is 6.57.